The molecular formula is C12H9FO4. The second-order valence-corrected chi connectivity index (χ2v) is 3.35. The molecule has 0 aliphatic rings. The summed E-state index contributed by atoms with van der Waals surface area (Å²) in [5.74, 6) is -0.517. The minimum absolute atomic E-state index is 0.0720. The summed E-state index contributed by atoms with van der Waals surface area (Å²) in [7, 11) is 0. The molecule has 0 atom stereocenters. The largest absolute Gasteiger partial charge is 0.486 e. The SMILES string of the molecule is O=C(O)c1coc(COc2ccc(F)cc2)c1. The Labute approximate surface area is 96.2 Å². The quantitative estimate of drug-likeness (QED) is 0.886. The fraction of sp³-hybridized carbons (Fsp3) is 0.0833. The Morgan fingerprint density at radius 2 is 2.06 bits per heavy atom. The Balaban J connectivity index is 1.97. The molecule has 17 heavy (non-hydrogen) atoms. The van der Waals surface area contributed by atoms with Crippen molar-refractivity contribution >= 4 is 5.97 Å². The fourth-order valence-electron chi connectivity index (χ4n) is 1.25. The van der Waals surface area contributed by atoms with Crippen LogP contribution in [0.5, 0.6) is 5.75 Å². The van der Waals surface area contributed by atoms with Gasteiger partial charge < -0.3 is 14.3 Å². The number of aromatic carboxylic acids is 1. The van der Waals surface area contributed by atoms with Gasteiger partial charge in [0.25, 0.3) is 0 Å². The van der Waals surface area contributed by atoms with Crippen LogP contribution in [0.2, 0.25) is 0 Å². The number of hydrogen-bond donors (Lipinski definition) is 1. The van der Waals surface area contributed by atoms with Crippen LogP contribution in [0, 0.1) is 5.82 Å². The van der Waals surface area contributed by atoms with E-state index in [1.165, 1.54) is 30.3 Å². The molecule has 0 bridgehead atoms. The van der Waals surface area contributed by atoms with E-state index in [-0.39, 0.29) is 18.0 Å². The molecular weight excluding hydrogens is 227 g/mol. The van der Waals surface area contributed by atoms with E-state index in [9.17, 15) is 9.18 Å². The topological polar surface area (TPSA) is 59.7 Å². The number of benzene rings is 1. The Hall–Kier alpha value is -2.30. The van der Waals surface area contributed by atoms with Crippen molar-refractivity contribution in [3.8, 4) is 5.75 Å². The monoisotopic (exact) mass is 236 g/mol. The van der Waals surface area contributed by atoms with E-state index in [4.69, 9.17) is 14.3 Å². The van der Waals surface area contributed by atoms with Gasteiger partial charge in [0.05, 0.1) is 5.56 Å². The van der Waals surface area contributed by atoms with Gasteiger partial charge >= 0.3 is 5.97 Å². The maximum absolute atomic E-state index is 12.6. The highest BCUT2D eigenvalue weighted by Gasteiger charge is 2.08. The highest BCUT2D eigenvalue weighted by atomic mass is 19.1. The smallest absolute Gasteiger partial charge is 0.338 e. The van der Waals surface area contributed by atoms with Crippen LogP contribution in [0.3, 0.4) is 0 Å². The average molecular weight is 236 g/mol. The normalized spacial score (nSPS) is 10.2. The van der Waals surface area contributed by atoms with Crippen LogP contribution in [0.4, 0.5) is 4.39 Å². The molecule has 88 valence electrons. The summed E-state index contributed by atoms with van der Waals surface area (Å²) in [5, 5.41) is 8.67. The molecule has 5 heteroatoms. The number of carbonyl (C=O) groups is 1. The first-order valence-electron chi connectivity index (χ1n) is 4.84. The van der Waals surface area contributed by atoms with Crippen molar-refractivity contribution in [1.82, 2.24) is 0 Å². The zero-order valence-electron chi connectivity index (χ0n) is 8.72. The third-order valence-electron chi connectivity index (χ3n) is 2.10. The minimum Gasteiger partial charge on any atom is -0.486 e. The zero-order valence-corrected chi connectivity index (χ0v) is 8.72. The fourth-order valence-corrected chi connectivity index (χ4v) is 1.25. The molecule has 1 aromatic carbocycles. The number of rotatable bonds is 4. The Bertz CT molecular complexity index is 516. The molecule has 2 rings (SSSR count). The van der Waals surface area contributed by atoms with Gasteiger partial charge in [0.1, 0.15) is 30.2 Å². The first-order valence-corrected chi connectivity index (χ1v) is 4.84. The van der Waals surface area contributed by atoms with Crippen molar-refractivity contribution in [1.29, 1.82) is 0 Å². The molecule has 0 radical (unpaired) electrons. The molecule has 4 nitrogen and oxygen atoms in total. The third kappa shape index (κ3) is 2.84. The Morgan fingerprint density at radius 3 is 2.65 bits per heavy atom. The van der Waals surface area contributed by atoms with Crippen molar-refractivity contribution in [2.45, 2.75) is 6.61 Å². The van der Waals surface area contributed by atoms with Crippen LogP contribution < -0.4 is 4.74 Å². The molecule has 2 aromatic rings. The summed E-state index contributed by atoms with van der Waals surface area (Å²) in [6.07, 6.45) is 1.14. The standard InChI is InChI=1S/C12H9FO4/c13-9-1-3-10(4-2-9)17-7-11-5-8(6-16-11)12(14)15/h1-6H,7H2,(H,14,15). The van der Waals surface area contributed by atoms with Crippen molar-refractivity contribution < 1.29 is 23.4 Å². The maximum Gasteiger partial charge on any atom is 0.338 e. The van der Waals surface area contributed by atoms with Crippen molar-refractivity contribution in [3.05, 3.63) is 53.7 Å². The molecule has 1 heterocycles. The number of ether oxygens (including phenoxy) is 1. The van der Waals surface area contributed by atoms with Crippen molar-refractivity contribution in [2.75, 3.05) is 0 Å². The highest BCUT2D eigenvalue weighted by molar-refractivity contribution is 5.87. The molecule has 0 saturated carbocycles. The van der Waals surface area contributed by atoms with Crippen LogP contribution in [-0.2, 0) is 6.61 Å². The summed E-state index contributed by atoms with van der Waals surface area (Å²) in [4.78, 5) is 10.6. The molecule has 0 spiro atoms. The number of furan rings is 1. The van der Waals surface area contributed by atoms with E-state index in [1.807, 2.05) is 0 Å². The maximum atomic E-state index is 12.6. The molecule has 0 fully saturated rings. The first-order chi connectivity index (χ1) is 8.15. The molecule has 0 saturated heterocycles. The van der Waals surface area contributed by atoms with Crippen LogP contribution >= 0.6 is 0 Å². The van der Waals surface area contributed by atoms with Crippen molar-refractivity contribution in [2.24, 2.45) is 0 Å². The molecule has 1 N–H and O–H groups in total. The van der Waals surface area contributed by atoms with Gasteiger partial charge in [-0.25, -0.2) is 9.18 Å². The van der Waals surface area contributed by atoms with Gasteiger partial charge in [-0.2, -0.15) is 0 Å². The molecule has 0 amide bonds. The van der Waals surface area contributed by atoms with E-state index in [1.54, 1.807) is 0 Å². The van der Waals surface area contributed by atoms with Crippen molar-refractivity contribution in [3.63, 3.8) is 0 Å². The second kappa shape index (κ2) is 4.69. The van der Waals surface area contributed by atoms with Gasteiger partial charge in [-0.15, -0.1) is 0 Å². The van der Waals surface area contributed by atoms with Gasteiger partial charge in [-0.3, -0.25) is 0 Å². The number of halogens is 1. The lowest BCUT2D eigenvalue weighted by Gasteiger charge is -2.02. The predicted octanol–water partition coefficient (Wildman–Crippen LogP) is 2.70. The summed E-state index contributed by atoms with van der Waals surface area (Å²) >= 11 is 0. The minimum atomic E-state index is -1.05. The first kappa shape index (κ1) is 11.2. The summed E-state index contributed by atoms with van der Waals surface area (Å²) < 4.78 is 22.9. The van der Waals surface area contributed by atoms with Crippen LogP contribution in [0.15, 0.2) is 41.0 Å². The molecule has 1 aromatic heterocycles. The van der Waals surface area contributed by atoms with E-state index < -0.39 is 5.97 Å². The van der Waals surface area contributed by atoms with Crippen LogP contribution in [0.1, 0.15) is 16.1 Å². The third-order valence-corrected chi connectivity index (χ3v) is 2.10. The van der Waals surface area contributed by atoms with Gasteiger partial charge in [-0.05, 0) is 30.3 Å². The second-order valence-electron chi connectivity index (χ2n) is 3.35. The lowest BCUT2D eigenvalue weighted by atomic mass is 10.3. The molecule has 0 unspecified atom stereocenters. The number of carboxylic acids is 1. The van der Waals surface area contributed by atoms with Gasteiger partial charge in [0.15, 0.2) is 0 Å². The van der Waals surface area contributed by atoms with Gasteiger partial charge in [0.2, 0.25) is 0 Å². The van der Waals surface area contributed by atoms with E-state index in [0.29, 0.717) is 11.5 Å². The number of hydrogen-bond acceptors (Lipinski definition) is 3. The predicted molar refractivity (Wildman–Crippen MR) is 56.4 cm³/mol. The summed E-state index contributed by atoms with van der Waals surface area (Å²) in [6.45, 7) is 0.0961. The van der Waals surface area contributed by atoms with Crippen LogP contribution in [0.25, 0.3) is 0 Å². The Kier molecular flexibility index (Phi) is 3.09. The van der Waals surface area contributed by atoms with E-state index >= 15 is 0 Å². The summed E-state index contributed by atoms with van der Waals surface area (Å²) in [5.41, 5.74) is 0.0720. The summed E-state index contributed by atoms with van der Waals surface area (Å²) in [6, 6.07) is 6.90. The molecule has 0 aliphatic carbocycles. The lowest BCUT2D eigenvalue weighted by molar-refractivity contribution is 0.0696. The number of carboxylic acid groups (broad SMARTS) is 1. The van der Waals surface area contributed by atoms with Gasteiger partial charge in [0, 0.05) is 0 Å². The average Bonchev–Trinajstić information content (AvgIpc) is 2.77. The van der Waals surface area contributed by atoms with E-state index in [2.05, 4.69) is 0 Å². The molecule has 0 aliphatic heterocycles. The highest BCUT2D eigenvalue weighted by Crippen LogP contribution is 2.15. The lowest BCUT2D eigenvalue weighted by Crippen LogP contribution is -1.95. The zero-order chi connectivity index (χ0) is 12.3. The van der Waals surface area contributed by atoms with Crippen LogP contribution in [-0.4, -0.2) is 11.1 Å². The van der Waals surface area contributed by atoms with E-state index in [0.717, 1.165) is 6.26 Å². The van der Waals surface area contributed by atoms with Gasteiger partial charge in [-0.1, -0.05) is 0 Å². The Morgan fingerprint density at radius 1 is 1.35 bits per heavy atom.